The lowest BCUT2D eigenvalue weighted by Gasteiger charge is -2.26. The maximum atomic E-state index is 11.1. The molecule has 0 heterocycles. The Morgan fingerprint density at radius 3 is 0.882 bits per heavy atom. The van der Waals surface area contributed by atoms with Gasteiger partial charge < -0.3 is 20.4 Å². The number of benzene rings is 1. The van der Waals surface area contributed by atoms with Gasteiger partial charge >= 0.3 is 23.9 Å². The molecule has 0 unspecified atom stereocenters. The Hall–Kier alpha value is -2.04. The molecule has 0 radical (unpaired) electrons. The van der Waals surface area contributed by atoms with Gasteiger partial charge in [-0.05, 0) is 98.0 Å². The first-order valence-electron chi connectivity index (χ1n) is 11.2. The van der Waals surface area contributed by atoms with Gasteiger partial charge in [-0.15, -0.1) is 15.8 Å². The molecular formula is C24H36O8P2. The van der Waals surface area contributed by atoms with Gasteiger partial charge in [-0.3, -0.25) is 19.2 Å². The van der Waals surface area contributed by atoms with E-state index in [1.54, 1.807) is 0 Å². The average Bonchev–Trinajstić information content (AvgIpc) is 2.74. The fourth-order valence-corrected chi connectivity index (χ4v) is 8.90. The molecule has 1 rings (SSSR count). The van der Waals surface area contributed by atoms with E-state index in [1.165, 1.54) is 0 Å². The molecule has 1 aromatic rings. The largest absolute Gasteiger partial charge is 0.481 e. The predicted molar refractivity (Wildman–Crippen MR) is 135 cm³/mol. The number of hydrogen-bond donors (Lipinski definition) is 4. The summed E-state index contributed by atoms with van der Waals surface area (Å²) in [6.07, 6.45) is 3.35. The average molecular weight is 514 g/mol. The van der Waals surface area contributed by atoms with E-state index >= 15 is 0 Å². The number of rotatable bonds is 16. The first-order chi connectivity index (χ1) is 15.8. The molecule has 0 fully saturated rings. The van der Waals surface area contributed by atoms with Gasteiger partial charge in [0.05, 0.1) is 0 Å². The van der Waals surface area contributed by atoms with Gasteiger partial charge in [-0.25, -0.2) is 0 Å². The van der Waals surface area contributed by atoms with E-state index in [0.717, 1.165) is 33.4 Å². The molecule has 4 N–H and O–H groups in total. The highest BCUT2D eigenvalue weighted by atomic mass is 31.1. The van der Waals surface area contributed by atoms with Gasteiger partial charge in [0.25, 0.3) is 0 Å². The molecule has 0 aliphatic carbocycles. The topological polar surface area (TPSA) is 149 Å². The Labute approximate surface area is 203 Å². The van der Waals surface area contributed by atoms with Crippen molar-refractivity contribution in [3.05, 3.63) is 33.4 Å². The van der Waals surface area contributed by atoms with Crippen LogP contribution in [0.15, 0.2) is 0 Å². The Kier molecular flexibility index (Phi) is 12.7. The van der Waals surface area contributed by atoms with Crippen molar-refractivity contribution in [2.45, 2.75) is 65.7 Å². The Morgan fingerprint density at radius 2 is 0.706 bits per heavy atom. The standard InChI is InChI=1S/C24H36O8P2/c1-15-16(2)20(14-34(11-7-23(29)30)12-8-24(31)32)18(4)17(3)19(15)13-33(9-5-21(25)26)10-6-22(27)28/h5-14H2,1-4H3,(H,25,26)(H,27,28)(H,29,30)(H,31,32). The number of carboxylic acid groups (broad SMARTS) is 4. The molecule has 1 aromatic carbocycles. The molecule has 0 spiro atoms. The first-order valence-corrected chi connectivity index (χ1v) is 15.0. The van der Waals surface area contributed by atoms with E-state index in [0.29, 0.717) is 37.0 Å². The zero-order valence-corrected chi connectivity index (χ0v) is 22.2. The Bertz CT molecular complexity index is 775. The quantitative estimate of drug-likeness (QED) is 0.230. The maximum absolute atomic E-state index is 11.1. The third-order valence-corrected chi connectivity index (χ3v) is 11.2. The number of carboxylic acids is 4. The van der Waals surface area contributed by atoms with Crippen molar-refractivity contribution in [2.75, 3.05) is 24.6 Å². The van der Waals surface area contributed by atoms with Gasteiger partial charge in [0, 0.05) is 25.7 Å². The van der Waals surface area contributed by atoms with E-state index in [9.17, 15) is 19.2 Å². The van der Waals surface area contributed by atoms with Crippen LogP contribution in [0.3, 0.4) is 0 Å². The van der Waals surface area contributed by atoms with E-state index in [4.69, 9.17) is 20.4 Å². The molecule has 0 atom stereocenters. The highest BCUT2D eigenvalue weighted by Crippen LogP contribution is 2.47. The van der Waals surface area contributed by atoms with Crippen LogP contribution in [0.5, 0.6) is 0 Å². The van der Waals surface area contributed by atoms with Crippen LogP contribution in [0.25, 0.3) is 0 Å². The summed E-state index contributed by atoms with van der Waals surface area (Å²) < 4.78 is 0. The van der Waals surface area contributed by atoms with Crippen molar-refractivity contribution in [2.24, 2.45) is 0 Å². The van der Waals surface area contributed by atoms with Crippen LogP contribution in [-0.2, 0) is 31.5 Å². The highest BCUT2D eigenvalue weighted by Gasteiger charge is 2.22. The SMILES string of the molecule is Cc1c(C)c(CP(CCC(=O)O)CCC(=O)O)c(C)c(C)c1CP(CCC(=O)O)CCC(=O)O. The van der Waals surface area contributed by atoms with Crippen molar-refractivity contribution in [1.82, 2.24) is 0 Å². The summed E-state index contributed by atoms with van der Waals surface area (Å²) in [7, 11) is -1.60. The molecule has 34 heavy (non-hydrogen) atoms. The maximum Gasteiger partial charge on any atom is 0.303 e. The fraction of sp³-hybridized carbons (Fsp3) is 0.583. The summed E-state index contributed by atoms with van der Waals surface area (Å²) in [5.41, 5.74) is 6.68. The third kappa shape index (κ3) is 10.1. The van der Waals surface area contributed by atoms with Crippen LogP contribution >= 0.6 is 15.8 Å². The molecule has 190 valence electrons. The summed E-state index contributed by atoms with van der Waals surface area (Å²) in [6, 6.07) is 0. The Balaban J connectivity index is 3.23. The molecule has 0 bridgehead atoms. The highest BCUT2D eigenvalue weighted by molar-refractivity contribution is 7.57. The van der Waals surface area contributed by atoms with Crippen LogP contribution in [-0.4, -0.2) is 69.0 Å². The summed E-state index contributed by atoms with van der Waals surface area (Å²) in [4.78, 5) is 44.4. The first kappa shape index (κ1) is 30.0. The van der Waals surface area contributed by atoms with E-state index in [2.05, 4.69) is 0 Å². The number of hydrogen-bond acceptors (Lipinski definition) is 4. The minimum absolute atomic E-state index is 0.0247. The van der Waals surface area contributed by atoms with Gasteiger partial charge in [-0.1, -0.05) is 0 Å². The minimum Gasteiger partial charge on any atom is -0.481 e. The lowest BCUT2D eigenvalue weighted by Crippen LogP contribution is -2.10. The number of aliphatic carboxylic acids is 4. The van der Waals surface area contributed by atoms with Gasteiger partial charge in [0.2, 0.25) is 0 Å². The normalized spacial score (nSPS) is 11.2. The third-order valence-electron chi connectivity index (χ3n) is 6.27. The van der Waals surface area contributed by atoms with E-state index in [1.807, 2.05) is 27.7 Å². The predicted octanol–water partition coefficient (Wildman–Crippen LogP) is 4.78. The summed E-state index contributed by atoms with van der Waals surface area (Å²) >= 11 is 0. The van der Waals surface area contributed by atoms with Crippen molar-refractivity contribution in [3.8, 4) is 0 Å². The van der Waals surface area contributed by atoms with Crippen LogP contribution in [0, 0.1) is 27.7 Å². The second kappa shape index (κ2) is 14.4. The molecule has 0 aliphatic rings. The smallest absolute Gasteiger partial charge is 0.303 e. The molecular weight excluding hydrogens is 478 g/mol. The lowest BCUT2D eigenvalue weighted by atomic mass is 9.90. The second-order valence-corrected chi connectivity index (χ2v) is 13.7. The Morgan fingerprint density at radius 1 is 0.500 bits per heavy atom. The number of carbonyl (C=O) groups is 4. The van der Waals surface area contributed by atoms with Gasteiger partial charge in [0.15, 0.2) is 0 Å². The van der Waals surface area contributed by atoms with Gasteiger partial charge in [0.1, 0.15) is 0 Å². The van der Waals surface area contributed by atoms with Crippen LogP contribution in [0.2, 0.25) is 0 Å². The summed E-state index contributed by atoms with van der Waals surface area (Å²) in [5, 5.41) is 36.4. The fourth-order valence-electron chi connectivity index (χ4n) is 3.94. The molecule has 10 heteroatoms. The van der Waals surface area contributed by atoms with E-state index in [-0.39, 0.29) is 25.7 Å². The molecule has 0 amide bonds. The molecule has 0 saturated carbocycles. The monoisotopic (exact) mass is 514 g/mol. The summed E-state index contributed by atoms with van der Waals surface area (Å²) in [6.45, 7) is 8.11. The molecule has 0 aliphatic heterocycles. The van der Waals surface area contributed by atoms with E-state index < -0.39 is 39.7 Å². The van der Waals surface area contributed by atoms with Crippen molar-refractivity contribution >= 4 is 39.7 Å². The molecule has 0 aromatic heterocycles. The van der Waals surface area contributed by atoms with Crippen molar-refractivity contribution in [3.63, 3.8) is 0 Å². The van der Waals surface area contributed by atoms with Crippen molar-refractivity contribution < 1.29 is 39.6 Å². The molecule has 8 nitrogen and oxygen atoms in total. The van der Waals surface area contributed by atoms with Crippen LogP contribution < -0.4 is 0 Å². The molecule has 0 saturated heterocycles. The second-order valence-electron chi connectivity index (χ2n) is 8.58. The van der Waals surface area contributed by atoms with Crippen LogP contribution in [0.4, 0.5) is 0 Å². The minimum atomic E-state index is -0.880. The van der Waals surface area contributed by atoms with Crippen molar-refractivity contribution in [1.29, 1.82) is 0 Å². The van der Waals surface area contributed by atoms with Crippen LogP contribution in [0.1, 0.15) is 59.1 Å². The zero-order valence-electron chi connectivity index (χ0n) is 20.4. The van der Waals surface area contributed by atoms with Gasteiger partial charge in [-0.2, -0.15) is 0 Å². The zero-order chi connectivity index (χ0) is 26.0. The lowest BCUT2D eigenvalue weighted by molar-refractivity contribution is -0.137. The summed E-state index contributed by atoms with van der Waals surface area (Å²) in [5.74, 6) is -3.52.